The largest absolute Gasteiger partial charge is 0.477 e. The Bertz CT molecular complexity index is 1030. The lowest BCUT2D eigenvalue weighted by molar-refractivity contribution is 0.0520. The Balaban J connectivity index is 0.000000152. The van der Waals surface area contributed by atoms with Crippen LogP contribution in [0, 0.1) is 0 Å². The summed E-state index contributed by atoms with van der Waals surface area (Å²) < 4.78 is 6.23. The second kappa shape index (κ2) is 7.71. The van der Waals surface area contributed by atoms with E-state index in [1.165, 1.54) is 22.7 Å². The summed E-state index contributed by atoms with van der Waals surface area (Å²) in [5.74, 6) is -1.28. The molecule has 0 aliphatic heterocycles. The lowest BCUT2D eigenvalue weighted by atomic mass is 10.3. The first-order valence-electron chi connectivity index (χ1n) is 7.34. The molecule has 0 atom stereocenters. The van der Waals surface area contributed by atoms with Crippen molar-refractivity contribution < 1.29 is 19.4 Å². The van der Waals surface area contributed by atoms with E-state index in [0.29, 0.717) is 21.0 Å². The molecule has 4 aromatic heterocycles. The summed E-state index contributed by atoms with van der Waals surface area (Å²) in [6.45, 7) is 2.16. The maximum Gasteiger partial charge on any atom is 0.354 e. The van der Waals surface area contributed by atoms with Gasteiger partial charge in [0.2, 0.25) is 0 Å². The van der Waals surface area contributed by atoms with Gasteiger partial charge in [-0.15, -0.1) is 22.7 Å². The zero-order chi connectivity index (χ0) is 18.8. The highest BCUT2D eigenvalue weighted by molar-refractivity contribution is 7.22. The van der Waals surface area contributed by atoms with E-state index in [9.17, 15) is 9.59 Å². The predicted octanol–water partition coefficient (Wildman–Crippen LogP) is 5.64. The van der Waals surface area contributed by atoms with Gasteiger partial charge in [-0.3, -0.25) is 0 Å². The van der Waals surface area contributed by atoms with Crippen LogP contribution in [0.25, 0.3) is 20.4 Å². The van der Waals surface area contributed by atoms with Crippen LogP contribution in [-0.2, 0) is 4.74 Å². The van der Waals surface area contributed by atoms with E-state index in [1.54, 1.807) is 25.1 Å². The zero-order valence-corrected chi connectivity index (χ0v) is 16.4. The van der Waals surface area contributed by atoms with Gasteiger partial charge in [-0.05, 0) is 31.2 Å². The van der Waals surface area contributed by atoms with Gasteiger partial charge < -0.3 is 19.8 Å². The summed E-state index contributed by atoms with van der Waals surface area (Å²) >= 11 is 14.3. The molecule has 0 fully saturated rings. The zero-order valence-electron chi connectivity index (χ0n) is 13.3. The molecule has 136 valence electrons. The van der Waals surface area contributed by atoms with Crippen molar-refractivity contribution in [2.45, 2.75) is 6.92 Å². The molecule has 4 heterocycles. The number of carboxylic acids is 1. The molecule has 0 aliphatic carbocycles. The van der Waals surface area contributed by atoms with Crippen molar-refractivity contribution in [2.24, 2.45) is 0 Å². The van der Waals surface area contributed by atoms with Crippen LogP contribution in [0.1, 0.15) is 27.9 Å². The van der Waals surface area contributed by atoms with Crippen LogP contribution in [0.15, 0.2) is 24.3 Å². The quantitative estimate of drug-likeness (QED) is 0.366. The Hall–Kier alpha value is -2.00. The molecule has 0 bridgehead atoms. The van der Waals surface area contributed by atoms with E-state index < -0.39 is 5.97 Å². The molecule has 26 heavy (non-hydrogen) atoms. The van der Waals surface area contributed by atoms with E-state index in [1.807, 2.05) is 6.07 Å². The Morgan fingerprint density at radius 1 is 1.00 bits per heavy atom. The summed E-state index contributed by atoms with van der Waals surface area (Å²) in [6, 6.07) is 6.88. The number of aromatic carboxylic acids is 1. The van der Waals surface area contributed by atoms with Crippen LogP contribution in [0.3, 0.4) is 0 Å². The summed E-state index contributed by atoms with van der Waals surface area (Å²) in [7, 11) is 0. The number of carboxylic acid groups (broad SMARTS) is 1. The SMILES string of the molecule is CCOC(=O)c1cc2cc(Cl)sc2[nH]1.O=C(O)c1cc2cc(Cl)sc2[nH]1. The number of ether oxygens (including phenoxy) is 1. The predicted molar refractivity (Wildman–Crippen MR) is 105 cm³/mol. The maximum atomic E-state index is 11.3. The Morgan fingerprint density at radius 2 is 1.50 bits per heavy atom. The number of esters is 1. The number of rotatable bonds is 3. The molecule has 0 spiro atoms. The number of nitrogens with one attached hydrogen (secondary N) is 2. The van der Waals surface area contributed by atoms with Gasteiger partial charge in [0.05, 0.1) is 15.3 Å². The number of aromatic amines is 2. The second-order valence-electron chi connectivity index (χ2n) is 5.06. The molecule has 0 aromatic carbocycles. The molecular weight excluding hydrogens is 419 g/mol. The van der Waals surface area contributed by atoms with Crippen LogP contribution in [0.2, 0.25) is 8.67 Å². The molecule has 6 nitrogen and oxygen atoms in total. The number of H-pyrrole nitrogens is 2. The van der Waals surface area contributed by atoms with Crippen LogP contribution in [0.4, 0.5) is 0 Å². The average molecular weight is 431 g/mol. The summed E-state index contributed by atoms with van der Waals surface area (Å²) in [6.07, 6.45) is 0. The fraction of sp³-hybridized carbons (Fsp3) is 0.125. The fourth-order valence-electron chi connectivity index (χ4n) is 2.22. The minimum atomic E-state index is -0.950. The van der Waals surface area contributed by atoms with Gasteiger partial charge in [0, 0.05) is 10.8 Å². The molecule has 4 aromatic rings. The molecule has 0 aliphatic rings. The number of hydrogen-bond acceptors (Lipinski definition) is 5. The van der Waals surface area contributed by atoms with Gasteiger partial charge in [0.15, 0.2) is 0 Å². The first-order chi connectivity index (χ1) is 12.4. The third kappa shape index (κ3) is 4.04. The summed E-state index contributed by atoms with van der Waals surface area (Å²) in [4.78, 5) is 29.2. The van der Waals surface area contributed by atoms with E-state index in [2.05, 4.69) is 9.97 Å². The summed E-state index contributed by atoms with van der Waals surface area (Å²) in [5, 5.41) is 10.4. The topological polar surface area (TPSA) is 95.2 Å². The number of hydrogen-bond donors (Lipinski definition) is 3. The summed E-state index contributed by atoms with van der Waals surface area (Å²) in [5.41, 5.74) is 0.678. The van der Waals surface area contributed by atoms with Crippen molar-refractivity contribution in [2.75, 3.05) is 6.61 Å². The Morgan fingerprint density at radius 3 is 1.96 bits per heavy atom. The van der Waals surface area contributed by atoms with Gasteiger partial charge >= 0.3 is 11.9 Å². The lowest BCUT2D eigenvalue weighted by Gasteiger charge is -1.96. The minimum Gasteiger partial charge on any atom is -0.477 e. The number of aromatic nitrogens is 2. The van der Waals surface area contributed by atoms with Crippen molar-refractivity contribution >= 4 is 78.2 Å². The molecule has 0 radical (unpaired) electrons. The highest BCUT2D eigenvalue weighted by Gasteiger charge is 2.12. The first kappa shape index (κ1) is 18.8. The number of fused-ring (bicyclic) bond motifs is 2. The normalized spacial score (nSPS) is 10.7. The third-order valence-corrected chi connectivity index (χ3v) is 5.67. The number of carbonyl (C=O) groups is 2. The minimum absolute atomic E-state index is 0.202. The standard InChI is InChI=1S/C9H8ClNO2S.C7H4ClNO2S/c1-2-13-9(12)6-3-5-4-7(10)14-8(5)11-6;8-5-2-3-1-4(7(10)11)9-6(3)12-5/h3-4,11H,2H2,1H3;1-2,9H,(H,10,11). The highest BCUT2D eigenvalue weighted by Crippen LogP contribution is 2.30. The van der Waals surface area contributed by atoms with Gasteiger partial charge in [-0.2, -0.15) is 0 Å². The molecular formula is C16H12Cl2N2O4S2. The van der Waals surface area contributed by atoms with Crippen molar-refractivity contribution in [1.82, 2.24) is 9.97 Å². The van der Waals surface area contributed by atoms with Crippen molar-refractivity contribution in [3.05, 3.63) is 44.3 Å². The highest BCUT2D eigenvalue weighted by atomic mass is 35.5. The molecule has 0 saturated heterocycles. The number of halogens is 2. The number of carbonyl (C=O) groups excluding carboxylic acids is 1. The van der Waals surface area contributed by atoms with E-state index in [4.69, 9.17) is 33.0 Å². The lowest BCUT2D eigenvalue weighted by Crippen LogP contribution is -2.04. The van der Waals surface area contributed by atoms with Crippen molar-refractivity contribution in [1.29, 1.82) is 0 Å². The number of thiophene rings is 2. The van der Waals surface area contributed by atoms with Crippen molar-refractivity contribution in [3.63, 3.8) is 0 Å². The second-order valence-corrected chi connectivity index (χ2v) is 8.43. The van der Waals surface area contributed by atoms with Gasteiger partial charge in [-0.1, -0.05) is 23.2 Å². The maximum absolute atomic E-state index is 11.3. The average Bonchev–Trinajstić information content (AvgIpc) is 3.26. The van der Waals surface area contributed by atoms with Crippen LogP contribution < -0.4 is 0 Å². The Labute approximate surface area is 165 Å². The van der Waals surface area contributed by atoms with E-state index in [0.717, 1.165) is 20.4 Å². The van der Waals surface area contributed by atoms with Crippen molar-refractivity contribution in [3.8, 4) is 0 Å². The Kier molecular flexibility index (Phi) is 5.57. The molecule has 0 saturated carbocycles. The molecule has 4 rings (SSSR count). The molecule has 10 heteroatoms. The molecule has 0 amide bonds. The van der Waals surface area contributed by atoms with Crippen LogP contribution in [0.5, 0.6) is 0 Å². The molecule has 3 N–H and O–H groups in total. The third-order valence-electron chi connectivity index (χ3n) is 3.28. The van der Waals surface area contributed by atoms with Gasteiger partial charge in [0.1, 0.15) is 21.0 Å². The smallest absolute Gasteiger partial charge is 0.354 e. The first-order valence-corrected chi connectivity index (χ1v) is 9.72. The fourth-order valence-corrected chi connectivity index (χ4v) is 4.47. The monoisotopic (exact) mass is 430 g/mol. The van der Waals surface area contributed by atoms with Gasteiger partial charge in [0.25, 0.3) is 0 Å². The van der Waals surface area contributed by atoms with E-state index >= 15 is 0 Å². The molecule has 0 unspecified atom stereocenters. The van der Waals surface area contributed by atoms with Crippen LogP contribution in [-0.4, -0.2) is 33.6 Å². The van der Waals surface area contributed by atoms with Crippen LogP contribution >= 0.6 is 45.9 Å². The van der Waals surface area contributed by atoms with E-state index in [-0.39, 0.29) is 11.7 Å². The van der Waals surface area contributed by atoms with Gasteiger partial charge in [-0.25, -0.2) is 9.59 Å².